The number of allylic oxidation sites excluding steroid dienone is 1. The minimum atomic E-state index is -1.06. The van der Waals surface area contributed by atoms with Crippen molar-refractivity contribution in [1.82, 2.24) is 10.2 Å². The quantitative estimate of drug-likeness (QED) is 0.526. The fourth-order valence-corrected chi connectivity index (χ4v) is 2.30. The molecule has 1 unspecified atom stereocenters. The summed E-state index contributed by atoms with van der Waals surface area (Å²) in [5.41, 5.74) is 0.883. The van der Waals surface area contributed by atoms with Gasteiger partial charge in [0.15, 0.2) is 11.6 Å². The number of ether oxygens (including phenoxy) is 1. The number of aliphatic hydroxyl groups excluding tert-OH is 1. The van der Waals surface area contributed by atoms with Crippen LogP contribution in [0.1, 0.15) is 31.9 Å². The van der Waals surface area contributed by atoms with Crippen molar-refractivity contribution in [2.45, 2.75) is 32.3 Å². The van der Waals surface area contributed by atoms with Crippen LogP contribution in [0.5, 0.6) is 5.75 Å². The first-order chi connectivity index (χ1) is 12.5. The van der Waals surface area contributed by atoms with Gasteiger partial charge in [-0.15, -0.1) is 5.10 Å². The van der Waals surface area contributed by atoms with E-state index in [1.807, 2.05) is 12.2 Å². The van der Waals surface area contributed by atoms with Gasteiger partial charge in [0.1, 0.15) is 6.61 Å². The maximum absolute atomic E-state index is 14.2. The van der Waals surface area contributed by atoms with Gasteiger partial charge in [-0.25, -0.2) is 4.39 Å². The highest BCUT2D eigenvalue weighted by atomic mass is 19.2. The highest BCUT2D eigenvalue weighted by molar-refractivity contribution is 5.61. The van der Waals surface area contributed by atoms with E-state index in [1.54, 1.807) is 19.1 Å². The van der Waals surface area contributed by atoms with Crippen LogP contribution in [-0.4, -0.2) is 28.0 Å². The summed E-state index contributed by atoms with van der Waals surface area (Å²) in [6, 6.07) is 6.04. The second-order valence-corrected chi connectivity index (χ2v) is 5.86. The number of benzene rings is 1. The molecule has 0 amide bonds. The van der Waals surface area contributed by atoms with Gasteiger partial charge < -0.3 is 9.84 Å². The van der Waals surface area contributed by atoms with Crippen LogP contribution in [-0.2, 0) is 0 Å². The molecular formula is C20H22F2N2O2. The smallest absolute Gasteiger partial charge is 0.201 e. The van der Waals surface area contributed by atoms with E-state index < -0.39 is 11.6 Å². The van der Waals surface area contributed by atoms with Crippen LogP contribution in [0.2, 0.25) is 0 Å². The highest BCUT2D eigenvalue weighted by Crippen LogP contribution is 2.28. The second-order valence-electron chi connectivity index (χ2n) is 5.86. The number of rotatable bonds is 9. The Balaban J connectivity index is 2.07. The number of hydrogen-bond donors (Lipinski definition) is 1. The summed E-state index contributed by atoms with van der Waals surface area (Å²) in [5, 5.41) is 17.2. The van der Waals surface area contributed by atoms with Crippen LogP contribution in [0.15, 0.2) is 43.0 Å². The van der Waals surface area contributed by atoms with E-state index >= 15 is 0 Å². The number of halogens is 2. The zero-order valence-electron chi connectivity index (χ0n) is 14.7. The fourth-order valence-electron chi connectivity index (χ4n) is 2.30. The van der Waals surface area contributed by atoms with Crippen molar-refractivity contribution in [1.29, 1.82) is 0 Å². The number of aromatic nitrogens is 2. The van der Waals surface area contributed by atoms with Crippen LogP contribution in [0, 0.1) is 11.6 Å². The highest BCUT2D eigenvalue weighted by Gasteiger charge is 2.16. The van der Waals surface area contributed by atoms with Crippen LogP contribution in [0.25, 0.3) is 17.3 Å². The Morgan fingerprint density at radius 1 is 1.19 bits per heavy atom. The van der Waals surface area contributed by atoms with Gasteiger partial charge in [-0.3, -0.25) is 0 Å². The van der Waals surface area contributed by atoms with Gasteiger partial charge in [0, 0.05) is 5.56 Å². The van der Waals surface area contributed by atoms with Gasteiger partial charge in [-0.1, -0.05) is 18.7 Å². The Bertz CT molecular complexity index is 759. The number of nitrogens with zero attached hydrogens (tertiary/aromatic N) is 2. The molecule has 1 aromatic carbocycles. The van der Waals surface area contributed by atoms with E-state index in [-0.39, 0.29) is 29.7 Å². The summed E-state index contributed by atoms with van der Waals surface area (Å²) in [5.74, 6) is -2.26. The minimum Gasteiger partial charge on any atom is -0.486 e. The Morgan fingerprint density at radius 2 is 2.00 bits per heavy atom. The molecule has 6 heteroatoms. The van der Waals surface area contributed by atoms with Gasteiger partial charge in [0.05, 0.1) is 17.5 Å². The predicted octanol–water partition coefficient (Wildman–Crippen LogP) is 4.55. The third kappa shape index (κ3) is 5.46. The molecule has 0 radical (unpaired) electrons. The summed E-state index contributed by atoms with van der Waals surface area (Å²) >= 11 is 0. The van der Waals surface area contributed by atoms with Gasteiger partial charge in [0.25, 0.3) is 0 Å². The lowest BCUT2D eigenvalue weighted by Gasteiger charge is -2.08. The molecule has 0 saturated carbocycles. The monoisotopic (exact) mass is 360 g/mol. The largest absolute Gasteiger partial charge is 0.486 e. The van der Waals surface area contributed by atoms with Crippen molar-refractivity contribution in [2.24, 2.45) is 0 Å². The summed E-state index contributed by atoms with van der Waals surface area (Å²) < 4.78 is 33.3. The Kier molecular flexibility index (Phi) is 7.41. The lowest BCUT2D eigenvalue weighted by molar-refractivity contribution is 0.182. The first kappa shape index (κ1) is 19.7. The lowest BCUT2D eigenvalue weighted by atomic mass is 10.1. The first-order valence-corrected chi connectivity index (χ1v) is 8.43. The van der Waals surface area contributed by atoms with Crippen molar-refractivity contribution in [3.8, 4) is 17.0 Å². The molecular weight excluding hydrogens is 338 g/mol. The fraction of sp³-hybridized carbons (Fsp3) is 0.300. The molecule has 0 aliphatic heterocycles. The minimum absolute atomic E-state index is 0.0217. The van der Waals surface area contributed by atoms with E-state index in [4.69, 9.17) is 4.74 Å². The SMILES string of the molecule is C=CCOc1ccc(-c2ccc(/C=C/CCCC(C)O)nn2)c(F)c1F. The average molecular weight is 360 g/mol. The zero-order chi connectivity index (χ0) is 18.9. The third-order valence-corrected chi connectivity index (χ3v) is 3.65. The van der Waals surface area contributed by atoms with Crippen molar-refractivity contribution in [3.63, 3.8) is 0 Å². The predicted molar refractivity (Wildman–Crippen MR) is 97.6 cm³/mol. The van der Waals surface area contributed by atoms with Crippen molar-refractivity contribution in [2.75, 3.05) is 6.61 Å². The van der Waals surface area contributed by atoms with Gasteiger partial charge in [-0.05, 0) is 56.5 Å². The van der Waals surface area contributed by atoms with Crippen molar-refractivity contribution < 1.29 is 18.6 Å². The normalized spacial score (nSPS) is 12.3. The molecule has 26 heavy (non-hydrogen) atoms. The van der Waals surface area contributed by atoms with E-state index in [9.17, 15) is 13.9 Å². The first-order valence-electron chi connectivity index (χ1n) is 8.43. The van der Waals surface area contributed by atoms with Gasteiger partial charge in [-0.2, -0.15) is 9.49 Å². The molecule has 2 rings (SSSR count). The van der Waals surface area contributed by atoms with Crippen LogP contribution in [0.3, 0.4) is 0 Å². The summed E-state index contributed by atoms with van der Waals surface area (Å²) in [6.45, 7) is 5.31. The molecule has 0 saturated heterocycles. The molecule has 138 valence electrons. The molecule has 2 aromatic rings. The van der Waals surface area contributed by atoms with E-state index in [0.29, 0.717) is 5.69 Å². The standard InChI is InChI=1S/C20H22F2N2O2/c1-3-13-26-18-12-10-16(19(21)20(18)22)17-11-9-15(23-24-17)8-6-4-5-7-14(2)25/h3,6,8-12,14,25H,1,4-5,7,13H2,2H3/b8-6+. The average Bonchev–Trinajstić information content (AvgIpc) is 2.63. The molecule has 1 aromatic heterocycles. The van der Waals surface area contributed by atoms with Crippen LogP contribution >= 0.6 is 0 Å². The molecule has 1 heterocycles. The van der Waals surface area contributed by atoms with E-state index in [2.05, 4.69) is 16.8 Å². The zero-order valence-corrected chi connectivity index (χ0v) is 14.7. The molecule has 0 fully saturated rings. The van der Waals surface area contributed by atoms with E-state index in [0.717, 1.165) is 19.3 Å². The summed E-state index contributed by atoms with van der Waals surface area (Å²) in [4.78, 5) is 0. The van der Waals surface area contributed by atoms with Gasteiger partial charge in [0.2, 0.25) is 5.82 Å². The maximum atomic E-state index is 14.2. The number of unbranched alkanes of at least 4 members (excludes halogenated alkanes) is 1. The van der Waals surface area contributed by atoms with Crippen molar-refractivity contribution in [3.05, 3.63) is 60.3 Å². The molecule has 4 nitrogen and oxygen atoms in total. The lowest BCUT2D eigenvalue weighted by Crippen LogP contribution is -2.00. The Hall–Kier alpha value is -2.60. The molecule has 0 aliphatic carbocycles. The molecule has 0 spiro atoms. The maximum Gasteiger partial charge on any atom is 0.201 e. The molecule has 1 atom stereocenters. The molecule has 1 N–H and O–H groups in total. The molecule has 0 aliphatic rings. The Labute approximate surface area is 151 Å². The second kappa shape index (κ2) is 9.77. The van der Waals surface area contributed by atoms with Gasteiger partial charge >= 0.3 is 0 Å². The molecule has 0 bridgehead atoms. The topological polar surface area (TPSA) is 55.2 Å². The van der Waals surface area contributed by atoms with Crippen molar-refractivity contribution >= 4 is 6.08 Å². The number of hydrogen-bond acceptors (Lipinski definition) is 4. The Morgan fingerprint density at radius 3 is 2.65 bits per heavy atom. The summed E-state index contributed by atoms with van der Waals surface area (Å²) in [6.07, 6.45) is 7.34. The third-order valence-electron chi connectivity index (χ3n) is 3.65. The summed E-state index contributed by atoms with van der Waals surface area (Å²) in [7, 11) is 0. The van der Waals surface area contributed by atoms with Crippen LogP contribution in [0.4, 0.5) is 8.78 Å². The van der Waals surface area contributed by atoms with Crippen LogP contribution < -0.4 is 4.74 Å². The van der Waals surface area contributed by atoms with E-state index in [1.165, 1.54) is 18.2 Å². The number of aliphatic hydroxyl groups is 1.